The molecule has 3 N–H and O–H groups in total. The fourth-order valence-electron chi connectivity index (χ4n) is 1.37. The van der Waals surface area contributed by atoms with E-state index in [9.17, 15) is 4.39 Å². The number of rotatable bonds is 0. The van der Waals surface area contributed by atoms with Crippen LogP contribution in [-0.4, -0.2) is 4.98 Å². The van der Waals surface area contributed by atoms with E-state index >= 15 is 0 Å². The zero-order valence-corrected chi connectivity index (χ0v) is 6.69. The summed E-state index contributed by atoms with van der Waals surface area (Å²) in [6.45, 7) is 1.91. The lowest BCUT2D eigenvalue weighted by molar-refractivity contribution is 0.630. The number of benzene rings is 1. The number of nitrogen functional groups attached to an aromatic ring is 1. The molecule has 0 saturated heterocycles. The predicted molar refractivity (Wildman–Crippen MR) is 47.4 cm³/mol. The minimum Gasteiger partial charge on any atom is -0.397 e. The molecular weight excluding hydrogens is 155 g/mol. The molecule has 1 aromatic carbocycles. The van der Waals surface area contributed by atoms with Crippen molar-refractivity contribution in [3.63, 3.8) is 0 Å². The predicted octanol–water partition coefficient (Wildman–Crippen LogP) is 2.20. The summed E-state index contributed by atoms with van der Waals surface area (Å²) >= 11 is 0. The van der Waals surface area contributed by atoms with Crippen LogP contribution in [0.3, 0.4) is 0 Å². The van der Waals surface area contributed by atoms with E-state index in [4.69, 9.17) is 5.73 Å². The first-order chi connectivity index (χ1) is 5.66. The molecule has 0 fully saturated rings. The van der Waals surface area contributed by atoms with Gasteiger partial charge in [-0.3, -0.25) is 0 Å². The van der Waals surface area contributed by atoms with Gasteiger partial charge in [0.05, 0.1) is 11.2 Å². The van der Waals surface area contributed by atoms with Crippen molar-refractivity contribution in [1.29, 1.82) is 0 Å². The zero-order valence-electron chi connectivity index (χ0n) is 6.69. The quantitative estimate of drug-likeness (QED) is 0.576. The fraction of sp³-hybridized carbons (Fsp3) is 0.111. The number of fused-ring (bicyclic) bond motifs is 1. The third kappa shape index (κ3) is 0.942. The van der Waals surface area contributed by atoms with E-state index in [1.54, 1.807) is 0 Å². The van der Waals surface area contributed by atoms with Crippen molar-refractivity contribution in [1.82, 2.24) is 4.98 Å². The van der Waals surface area contributed by atoms with E-state index in [0.29, 0.717) is 5.69 Å². The Labute approximate surface area is 69.2 Å². The molecule has 2 aromatic rings. The molecule has 2 rings (SSSR count). The van der Waals surface area contributed by atoms with Crippen LogP contribution in [0.5, 0.6) is 0 Å². The van der Waals surface area contributed by atoms with Crippen LogP contribution < -0.4 is 5.73 Å². The summed E-state index contributed by atoms with van der Waals surface area (Å²) in [6.07, 6.45) is 0. The lowest BCUT2D eigenvalue weighted by Crippen LogP contribution is -1.87. The topological polar surface area (TPSA) is 41.8 Å². The van der Waals surface area contributed by atoms with Crippen molar-refractivity contribution in [2.75, 3.05) is 5.73 Å². The van der Waals surface area contributed by atoms with E-state index in [2.05, 4.69) is 4.98 Å². The number of aromatic amines is 1. The van der Waals surface area contributed by atoms with Crippen LogP contribution in [-0.2, 0) is 0 Å². The summed E-state index contributed by atoms with van der Waals surface area (Å²) in [5.41, 5.74) is 7.86. The molecule has 1 heterocycles. The van der Waals surface area contributed by atoms with Crippen molar-refractivity contribution >= 4 is 16.6 Å². The van der Waals surface area contributed by atoms with Crippen LogP contribution in [0.4, 0.5) is 10.1 Å². The highest BCUT2D eigenvalue weighted by atomic mass is 19.1. The van der Waals surface area contributed by atoms with Gasteiger partial charge in [0.15, 0.2) is 0 Å². The molecule has 62 valence electrons. The van der Waals surface area contributed by atoms with Crippen LogP contribution in [0, 0.1) is 12.7 Å². The maximum absolute atomic E-state index is 12.8. The fourth-order valence-corrected chi connectivity index (χ4v) is 1.37. The van der Waals surface area contributed by atoms with E-state index < -0.39 is 0 Å². The lowest BCUT2D eigenvalue weighted by Gasteiger charge is -1.95. The van der Waals surface area contributed by atoms with Crippen molar-refractivity contribution in [2.45, 2.75) is 6.92 Å². The number of nitrogens with two attached hydrogens (primary N) is 1. The first kappa shape index (κ1) is 7.16. The lowest BCUT2D eigenvalue weighted by atomic mass is 10.2. The van der Waals surface area contributed by atoms with Crippen molar-refractivity contribution in [3.8, 4) is 0 Å². The average molecular weight is 164 g/mol. The van der Waals surface area contributed by atoms with Crippen molar-refractivity contribution < 1.29 is 4.39 Å². The molecule has 12 heavy (non-hydrogen) atoms. The van der Waals surface area contributed by atoms with Crippen molar-refractivity contribution in [2.24, 2.45) is 0 Å². The van der Waals surface area contributed by atoms with Crippen LogP contribution in [0.1, 0.15) is 5.69 Å². The molecule has 0 spiro atoms. The van der Waals surface area contributed by atoms with Gasteiger partial charge in [-0.1, -0.05) is 0 Å². The second kappa shape index (κ2) is 2.24. The van der Waals surface area contributed by atoms with Gasteiger partial charge in [0.1, 0.15) is 5.82 Å². The highest BCUT2D eigenvalue weighted by molar-refractivity contribution is 5.90. The van der Waals surface area contributed by atoms with Crippen LogP contribution in [0.2, 0.25) is 0 Å². The smallest absolute Gasteiger partial charge is 0.126 e. The highest BCUT2D eigenvalue weighted by Crippen LogP contribution is 2.22. The van der Waals surface area contributed by atoms with Crippen LogP contribution >= 0.6 is 0 Å². The summed E-state index contributed by atoms with van der Waals surface area (Å²) < 4.78 is 12.8. The van der Waals surface area contributed by atoms with E-state index in [1.165, 1.54) is 12.1 Å². The Balaban J connectivity index is 2.88. The average Bonchev–Trinajstić information content (AvgIpc) is 2.29. The minimum atomic E-state index is -0.293. The standard InChI is InChI=1S/C9H9FN2/c1-5-2-6-3-7(10)4-8(11)9(6)12-5/h2-4,12H,11H2,1H3. The number of aromatic nitrogens is 1. The van der Waals surface area contributed by atoms with E-state index in [1.807, 2.05) is 13.0 Å². The zero-order chi connectivity index (χ0) is 8.72. The van der Waals surface area contributed by atoms with E-state index in [-0.39, 0.29) is 5.82 Å². The molecule has 0 atom stereocenters. The molecule has 0 aliphatic carbocycles. The summed E-state index contributed by atoms with van der Waals surface area (Å²) in [6, 6.07) is 4.66. The highest BCUT2D eigenvalue weighted by Gasteiger charge is 2.02. The molecule has 2 nitrogen and oxygen atoms in total. The van der Waals surface area contributed by atoms with Gasteiger partial charge in [-0.05, 0) is 25.1 Å². The number of hydrogen-bond donors (Lipinski definition) is 2. The Morgan fingerprint density at radius 3 is 2.83 bits per heavy atom. The Morgan fingerprint density at radius 2 is 2.08 bits per heavy atom. The number of halogens is 1. The number of anilines is 1. The molecule has 0 amide bonds. The molecule has 0 radical (unpaired) electrons. The molecule has 0 saturated carbocycles. The summed E-state index contributed by atoms with van der Waals surface area (Å²) in [4.78, 5) is 3.06. The van der Waals surface area contributed by atoms with Gasteiger partial charge in [-0.15, -0.1) is 0 Å². The molecule has 0 bridgehead atoms. The van der Waals surface area contributed by atoms with Gasteiger partial charge in [-0.2, -0.15) is 0 Å². The summed E-state index contributed by atoms with van der Waals surface area (Å²) in [5.74, 6) is -0.293. The Morgan fingerprint density at radius 1 is 1.33 bits per heavy atom. The van der Waals surface area contributed by atoms with Gasteiger partial charge in [0.2, 0.25) is 0 Å². The SMILES string of the molecule is Cc1cc2cc(F)cc(N)c2[nH]1. The third-order valence-electron chi connectivity index (χ3n) is 1.86. The Bertz CT molecular complexity index is 431. The largest absolute Gasteiger partial charge is 0.397 e. The monoisotopic (exact) mass is 164 g/mol. The molecule has 1 aromatic heterocycles. The van der Waals surface area contributed by atoms with Gasteiger partial charge in [0.25, 0.3) is 0 Å². The van der Waals surface area contributed by atoms with Crippen LogP contribution in [0.25, 0.3) is 10.9 Å². The number of H-pyrrole nitrogens is 1. The van der Waals surface area contributed by atoms with Gasteiger partial charge in [0, 0.05) is 11.1 Å². The number of hydrogen-bond acceptors (Lipinski definition) is 1. The number of aryl methyl sites for hydroxylation is 1. The first-order valence-corrected chi connectivity index (χ1v) is 3.71. The Hall–Kier alpha value is -1.51. The third-order valence-corrected chi connectivity index (χ3v) is 1.86. The van der Waals surface area contributed by atoms with Gasteiger partial charge in [-0.25, -0.2) is 4.39 Å². The molecule has 3 heteroatoms. The van der Waals surface area contributed by atoms with E-state index in [0.717, 1.165) is 16.6 Å². The normalized spacial score (nSPS) is 10.8. The van der Waals surface area contributed by atoms with Gasteiger partial charge < -0.3 is 10.7 Å². The second-order valence-corrected chi connectivity index (χ2v) is 2.91. The van der Waals surface area contributed by atoms with Crippen molar-refractivity contribution in [3.05, 3.63) is 29.7 Å². The maximum Gasteiger partial charge on any atom is 0.126 e. The summed E-state index contributed by atoms with van der Waals surface area (Å²) in [5, 5.41) is 0.824. The molecular formula is C9H9FN2. The molecule has 0 unspecified atom stereocenters. The number of nitrogens with one attached hydrogen (secondary N) is 1. The molecule has 0 aliphatic rings. The summed E-state index contributed by atoms with van der Waals surface area (Å²) in [7, 11) is 0. The van der Waals surface area contributed by atoms with Crippen LogP contribution in [0.15, 0.2) is 18.2 Å². The minimum absolute atomic E-state index is 0.293. The first-order valence-electron chi connectivity index (χ1n) is 3.71. The maximum atomic E-state index is 12.8. The Kier molecular flexibility index (Phi) is 1.33. The molecule has 0 aliphatic heterocycles. The van der Waals surface area contributed by atoms with Gasteiger partial charge >= 0.3 is 0 Å². The second-order valence-electron chi connectivity index (χ2n) is 2.91.